The maximum atomic E-state index is 14.3. The molecule has 5 fully saturated rings. The fraction of sp³-hybridized carbons (Fsp3) is 0.809. The number of aliphatic hydroxyl groups excluding tert-OH is 2. The number of allylic oxidation sites excluding steroid dienone is 2. The van der Waals surface area contributed by atoms with Gasteiger partial charge in [0.15, 0.2) is 18.4 Å². The van der Waals surface area contributed by atoms with E-state index in [4.69, 9.17) is 47.4 Å². The molecule has 2 bridgehead atoms. The largest absolute Gasteiger partial charge is 0.462 e. The van der Waals surface area contributed by atoms with Crippen molar-refractivity contribution < 1.29 is 67.5 Å². The van der Waals surface area contributed by atoms with E-state index in [1.807, 2.05) is 19.1 Å². The van der Waals surface area contributed by atoms with Crippen molar-refractivity contribution in [3.05, 3.63) is 47.1 Å². The molecule has 61 heavy (non-hydrogen) atoms. The Bertz CT molecular complexity index is 1660. The number of hydrogen-bond acceptors (Lipinski definition) is 14. The number of esters is 1. The molecule has 344 valence electrons. The summed E-state index contributed by atoms with van der Waals surface area (Å²) in [7, 11) is 3.22. The highest BCUT2D eigenvalue weighted by molar-refractivity contribution is 5.78. The molecule has 14 heteroatoms. The maximum absolute atomic E-state index is 14.3. The Kier molecular flexibility index (Phi) is 14.8. The lowest BCUT2D eigenvalue weighted by Crippen LogP contribution is -2.58. The zero-order valence-corrected chi connectivity index (χ0v) is 37.8. The van der Waals surface area contributed by atoms with Gasteiger partial charge in [-0.25, -0.2) is 0 Å². The van der Waals surface area contributed by atoms with E-state index >= 15 is 0 Å². The van der Waals surface area contributed by atoms with E-state index < -0.39 is 90.8 Å². The Hall–Kier alpha value is -2.05. The number of methoxy groups -OCH3 is 2. The predicted octanol–water partition coefficient (Wildman–Crippen LogP) is 5.21. The summed E-state index contributed by atoms with van der Waals surface area (Å²) in [4.78, 5) is 14.3. The van der Waals surface area contributed by atoms with Crippen LogP contribution in [0.2, 0.25) is 0 Å². The smallest absolute Gasteiger partial charge is 0.316 e. The lowest BCUT2D eigenvalue weighted by atomic mass is 9.71. The third-order valence-electron chi connectivity index (χ3n) is 14.4. The Balaban J connectivity index is 1.17. The molecule has 1 spiro atoms. The standard InChI is InChI=1S/C47H72O14/c1-24(2)41-27(5)16-17-46(61-41)22-33-19-32(60-46)15-14-26(4)42(25(3)12-11-13-31-23-54-44-39(48)28(6)18-34(45(50)57-33)47(31,44)51)58-38-21-36(53-10)43(30(8)56-38)59-37-20-35(52-9)40(49)29(7)55-37/h11-14,18,24-25,27,29-30,32-44,48-49,51H,15-17,19-23H2,1-10H3/t25-,27-,29-,30-,32+,33-,34-,35-,36-,37-,38-,39+,40-,41+,42-,43-,44?,46?,47+/m0/s1. The van der Waals surface area contributed by atoms with Gasteiger partial charge in [-0.3, -0.25) is 4.79 Å². The van der Waals surface area contributed by atoms with E-state index in [2.05, 4.69) is 40.7 Å². The van der Waals surface area contributed by atoms with E-state index in [1.165, 1.54) is 0 Å². The lowest BCUT2D eigenvalue weighted by molar-refractivity contribution is -0.340. The molecule has 19 atom stereocenters. The normalized spacial score (nSPS) is 47.3. The summed E-state index contributed by atoms with van der Waals surface area (Å²) >= 11 is 0. The van der Waals surface area contributed by atoms with Crippen LogP contribution in [0.25, 0.3) is 0 Å². The summed E-state index contributed by atoms with van der Waals surface area (Å²) < 4.78 is 63.7. The molecule has 0 amide bonds. The van der Waals surface area contributed by atoms with Crippen LogP contribution in [0, 0.1) is 23.7 Å². The van der Waals surface area contributed by atoms with Crippen molar-refractivity contribution in [1.29, 1.82) is 0 Å². The fourth-order valence-electron chi connectivity index (χ4n) is 10.8. The van der Waals surface area contributed by atoms with Gasteiger partial charge in [0.05, 0.1) is 49.3 Å². The molecule has 5 saturated heterocycles. The molecule has 14 nitrogen and oxygen atoms in total. The summed E-state index contributed by atoms with van der Waals surface area (Å²) in [5.41, 5.74) is 0.184. The molecular formula is C47H72O14. The first-order valence-corrected chi connectivity index (χ1v) is 22.6. The third kappa shape index (κ3) is 9.67. The Morgan fingerprint density at radius 3 is 2.31 bits per heavy atom. The van der Waals surface area contributed by atoms with Crippen LogP contribution in [0.3, 0.4) is 0 Å². The van der Waals surface area contributed by atoms with Gasteiger partial charge in [0.2, 0.25) is 0 Å². The van der Waals surface area contributed by atoms with E-state index in [1.54, 1.807) is 40.2 Å². The number of carbonyl (C=O) groups is 1. The van der Waals surface area contributed by atoms with Crippen LogP contribution in [-0.2, 0) is 52.2 Å². The summed E-state index contributed by atoms with van der Waals surface area (Å²) in [6, 6.07) is 0. The predicted molar refractivity (Wildman–Crippen MR) is 223 cm³/mol. The van der Waals surface area contributed by atoms with Crippen LogP contribution >= 0.6 is 0 Å². The molecule has 0 radical (unpaired) electrons. The number of hydrogen-bond donors (Lipinski definition) is 3. The van der Waals surface area contributed by atoms with Gasteiger partial charge in [0.25, 0.3) is 0 Å². The molecule has 0 aromatic heterocycles. The van der Waals surface area contributed by atoms with Gasteiger partial charge in [-0.15, -0.1) is 0 Å². The van der Waals surface area contributed by atoms with Crippen LogP contribution in [0.4, 0.5) is 0 Å². The Labute approximate surface area is 361 Å². The zero-order valence-electron chi connectivity index (χ0n) is 37.8. The van der Waals surface area contributed by atoms with Crippen LogP contribution in [-0.4, -0.2) is 139 Å². The molecular weight excluding hydrogens is 789 g/mol. The molecule has 3 N–H and O–H groups in total. The average molecular weight is 861 g/mol. The second-order valence-corrected chi connectivity index (χ2v) is 19.2. The van der Waals surface area contributed by atoms with Crippen molar-refractivity contribution in [1.82, 2.24) is 0 Å². The van der Waals surface area contributed by atoms with Crippen molar-refractivity contribution in [2.75, 3.05) is 20.8 Å². The van der Waals surface area contributed by atoms with Gasteiger partial charge in [-0.2, -0.15) is 0 Å². The second-order valence-electron chi connectivity index (χ2n) is 19.2. The molecule has 2 unspecified atom stereocenters. The number of rotatable bonds is 7. The maximum Gasteiger partial charge on any atom is 0.316 e. The minimum Gasteiger partial charge on any atom is -0.462 e. The molecule has 7 rings (SSSR count). The van der Waals surface area contributed by atoms with Crippen molar-refractivity contribution in [2.24, 2.45) is 23.7 Å². The number of carbonyl (C=O) groups excluding carboxylic acids is 1. The number of fused-ring (bicyclic) bond motifs is 2. The first kappa shape index (κ1) is 46.9. The van der Waals surface area contributed by atoms with Crippen LogP contribution in [0.5, 0.6) is 0 Å². The molecule has 6 aliphatic heterocycles. The SMILES string of the molecule is CO[C@H]1C[C@H](O[C@H]2[C@H](C)O[C@@H](O[C@@H]3C(C)=CC[C@@H]4C[C@@H](CC5(CC[C@H](C)[C@@H](C(C)C)O5)O4)OC(=O)[C@@H]4C=C(C)[C@@H](O)C5OCC(=CC=C[C@@H]3C)[C@]54O)C[C@@H]2OC)O[C@@H](C)[C@@H]1O. The Morgan fingerprint density at radius 1 is 0.885 bits per heavy atom. The van der Waals surface area contributed by atoms with Gasteiger partial charge < -0.3 is 62.7 Å². The van der Waals surface area contributed by atoms with E-state index in [0.717, 1.165) is 12.0 Å². The van der Waals surface area contributed by atoms with Crippen LogP contribution < -0.4 is 0 Å². The molecule has 0 aromatic carbocycles. The first-order valence-electron chi connectivity index (χ1n) is 22.6. The van der Waals surface area contributed by atoms with E-state index in [0.29, 0.717) is 55.6 Å². The summed E-state index contributed by atoms with van der Waals surface area (Å²) in [5, 5.41) is 34.2. The lowest BCUT2D eigenvalue weighted by Gasteiger charge is -2.50. The van der Waals surface area contributed by atoms with Gasteiger partial charge >= 0.3 is 5.97 Å². The summed E-state index contributed by atoms with van der Waals surface area (Å²) in [6.45, 7) is 16.2. The Morgan fingerprint density at radius 2 is 1.59 bits per heavy atom. The molecule has 0 saturated carbocycles. The van der Waals surface area contributed by atoms with Crippen molar-refractivity contribution in [2.45, 2.75) is 198 Å². The van der Waals surface area contributed by atoms with Gasteiger partial charge in [0, 0.05) is 52.2 Å². The first-order chi connectivity index (χ1) is 29.0. The molecule has 7 aliphatic rings. The van der Waals surface area contributed by atoms with Crippen molar-refractivity contribution in [3.8, 4) is 0 Å². The zero-order chi connectivity index (χ0) is 44.0. The number of aliphatic hydroxyl groups is 3. The van der Waals surface area contributed by atoms with Crippen LogP contribution in [0.1, 0.15) is 100 Å². The topological polar surface area (TPSA) is 170 Å². The molecule has 0 aromatic rings. The monoisotopic (exact) mass is 860 g/mol. The third-order valence-corrected chi connectivity index (χ3v) is 14.4. The van der Waals surface area contributed by atoms with Crippen LogP contribution in [0.15, 0.2) is 47.1 Å². The highest BCUT2D eigenvalue weighted by Gasteiger charge is 2.60. The van der Waals surface area contributed by atoms with Gasteiger partial charge in [0.1, 0.15) is 42.0 Å². The van der Waals surface area contributed by atoms with E-state index in [-0.39, 0.29) is 36.8 Å². The highest BCUT2D eigenvalue weighted by Crippen LogP contribution is 2.48. The van der Waals surface area contributed by atoms with Gasteiger partial charge in [-0.05, 0) is 69.1 Å². The molecule has 6 heterocycles. The van der Waals surface area contributed by atoms with Gasteiger partial charge in [-0.1, -0.05) is 58.1 Å². The molecule has 1 aliphatic carbocycles. The minimum absolute atomic E-state index is 0.0210. The average Bonchev–Trinajstić information content (AvgIpc) is 3.56. The summed E-state index contributed by atoms with van der Waals surface area (Å²) in [6.07, 6.45) is 5.52. The quantitative estimate of drug-likeness (QED) is 0.225. The van der Waals surface area contributed by atoms with E-state index in [9.17, 15) is 20.1 Å². The van der Waals surface area contributed by atoms with Crippen molar-refractivity contribution in [3.63, 3.8) is 0 Å². The fourth-order valence-corrected chi connectivity index (χ4v) is 10.8. The second kappa shape index (κ2) is 19.2. The minimum atomic E-state index is -1.82. The van der Waals surface area contributed by atoms with Crippen molar-refractivity contribution >= 4 is 5.97 Å². The summed E-state index contributed by atoms with van der Waals surface area (Å²) in [5.74, 6) is -2.15. The highest BCUT2D eigenvalue weighted by atomic mass is 16.7. The number of ether oxygens (including phenoxy) is 10.